The molecule has 2 aliphatic heterocycles. The van der Waals surface area contributed by atoms with E-state index in [1.54, 1.807) is 31.2 Å². The molecule has 0 bridgehead atoms. The highest BCUT2D eigenvalue weighted by Crippen LogP contribution is 2.59. The van der Waals surface area contributed by atoms with E-state index in [4.69, 9.17) is 32.8 Å². The van der Waals surface area contributed by atoms with E-state index in [1.807, 2.05) is 6.92 Å². The lowest BCUT2D eigenvalue weighted by Gasteiger charge is -2.43. The number of hydrogen-bond donors (Lipinski definition) is 1. The van der Waals surface area contributed by atoms with Gasteiger partial charge in [0.15, 0.2) is 5.78 Å². The molecule has 2 fully saturated rings. The number of oxime groups is 1. The van der Waals surface area contributed by atoms with E-state index >= 15 is 0 Å². The van der Waals surface area contributed by atoms with E-state index < -0.39 is 34.6 Å². The highest BCUT2D eigenvalue weighted by atomic mass is 35.5. The van der Waals surface area contributed by atoms with Gasteiger partial charge in [-0.2, -0.15) is 0 Å². The van der Waals surface area contributed by atoms with Gasteiger partial charge in [0.2, 0.25) is 5.60 Å². The normalized spacial score (nSPS) is 41.9. The number of halogens is 2. The maximum atomic E-state index is 13.1. The zero-order valence-electron chi connectivity index (χ0n) is 16.5. The Morgan fingerprint density at radius 3 is 2.77 bits per heavy atom. The van der Waals surface area contributed by atoms with Gasteiger partial charge in [0.25, 0.3) is 0 Å². The molecule has 30 heavy (non-hydrogen) atoms. The molecule has 0 amide bonds. The molecular weight excluding hydrogens is 429 g/mol. The predicted octanol–water partition coefficient (Wildman–Crippen LogP) is 3.70. The van der Waals surface area contributed by atoms with E-state index in [1.165, 1.54) is 6.08 Å². The minimum atomic E-state index is -1.38. The van der Waals surface area contributed by atoms with E-state index in [0.29, 0.717) is 34.2 Å². The summed E-state index contributed by atoms with van der Waals surface area (Å²) in [5.74, 6) is -1.42. The van der Waals surface area contributed by atoms with Crippen LogP contribution in [-0.2, 0) is 19.2 Å². The summed E-state index contributed by atoms with van der Waals surface area (Å²) in [4.78, 5) is 31.8. The number of benzene rings is 1. The Morgan fingerprint density at radius 1 is 1.23 bits per heavy atom. The summed E-state index contributed by atoms with van der Waals surface area (Å²) in [7, 11) is 0. The quantitative estimate of drug-likeness (QED) is 0.660. The van der Waals surface area contributed by atoms with Crippen LogP contribution >= 0.6 is 23.2 Å². The van der Waals surface area contributed by atoms with Crippen molar-refractivity contribution < 1.29 is 24.3 Å². The van der Waals surface area contributed by atoms with Crippen molar-refractivity contribution >= 4 is 40.7 Å². The minimum Gasteiger partial charge on any atom is -0.458 e. The van der Waals surface area contributed by atoms with E-state index in [-0.39, 0.29) is 18.1 Å². The molecule has 5 rings (SSSR count). The van der Waals surface area contributed by atoms with Crippen molar-refractivity contribution in [3.8, 4) is 0 Å². The highest BCUT2D eigenvalue weighted by molar-refractivity contribution is 6.36. The van der Waals surface area contributed by atoms with Crippen LogP contribution < -0.4 is 0 Å². The van der Waals surface area contributed by atoms with Crippen molar-refractivity contribution in [2.75, 3.05) is 0 Å². The van der Waals surface area contributed by atoms with Crippen LogP contribution in [0.4, 0.5) is 0 Å². The summed E-state index contributed by atoms with van der Waals surface area (Å²) in [5, 5.41) is 16.6. The second kappa shape index (κ2) is 6.31. The van der Waals surface area contributed by atoms with E-state index in [2.05, 4.69) is 5.16 Å². The summed E-state index contributed by atoms with van der Waals surface area (Å²) in [6.07, 6.45) is 3.48. The third-order valence-electron chi connectivity index (χ3n) is 7.60. The first-order valence-corrected chi connectivity index (χ1v) is 10.8. The molecule has 4 aliphatic rings. The molecule has 8 heteroatoms. The predicted molar refractivity (Wildman–Crippen MR) is 110 cm³/mol. The zero-order valence-corrected chi connectivity index (χ0v) is 18.0. The number of carbonyl (C=O) groups is 2. The van der Waals surface area contributed by atoms with Crippen molar-refractivity contribution in [2.24, 2.45) is 22.4 Å². The van der Waals surface area contributed by atoms with Crippen molar-refractivity contribution in [1.82, 2.24) is 0 Å². The largest absolute Gasteiger partial charge is 0.458 e. The minimum absolute atomic E-state index is 0.164. The summed E-state index contributed by atoms with van der Waals surface area (Å²) in [5.41, 5.74) is -2.89. The maximum Gasteiger partial charge on any atom is 0.354 e. The summed E-state index contributed by atoms with van der Waals surface area (Å²) in [6.45, 7) is 3.60. The highest BCUT2D eigenvalue weighted by Gasteiger charge is 2.73. The number of rotatable bonds is 1. The van der Waals surface area contributed by atoms with Crippen LogP contribution in [-0.4, -0.2) is 39.9 Å². The number of aliphatic hydroxyl groups is 1. The van der Waals surface area contributed by atoms with Crippen LogP contribution in [0, 0.1) is 17.3 Å². The van der Waals surface area contributed by atoms with Gasteiger partial charge >= 0.3 is 5.97 Å². The van der Waals surface area contributed by atoms with Crippen molar-refractivity contribution in [3.63, 3.8) is 0 Å². The molecule has 6 atom stereocenters. The number of fused-ring (bicyclic) bond motifs is 4. The standard InChI is InChI=1S/C22H21Cl2NO5/c1-11-3-5-14-18(20(2)17(26)7-8-22(11,20)28)29-19(27)21(14)10-16(25-30-21)13-9-12(23)4-6-15(13)24/h4,6-9,11,14,18,28H,3,5,10H2,1-2H3/t11-,14?,18?,20-,21?,22+/m0/s1. The van der Waals surface area contributed by atoms with Gasteiger partial charge < -0.3 is 14.7 Å². The second-order valence-corrected chi connectivity index (χ2v) is 9.80. The molecular formula is C22H21Cl2NO5. The Labute approximate surface area is 183 Å². The van der Waals surface area contributed by atoms with Gasteiger partial charge in [0.1, 0.15) is 17.1 Å². The topological polar surface area (TPSA) is 85.2 Å². The van der Waals surface area contributed by atoms with Gasteiger partial charge in [-0.15, -0.1) is 0 Å². The van der Waals surface area contributed by atoms with Crippen LogP contribution in [0.15, 0.2) is 35.5 Å². The molecule has 158 valence electrons. The Kier molecular flexibility index (Phi) is 4.22. The number of ether oxygens (including phenoxy) is 1. The van der Waals surface area contributed by atoms with Gasteiger partial charge in [-0.1, -0.05) is 35.3 Å². The fourth-order valence-electron chi connectivity index (χ4n) is 5.66. The van der Waals surface area contributed by atoms with Gasteiger partial charge in [-0.3, -0.25) is 4.79 Å². The monoisotopic (exact) mass is 449 g/mol. The van der Waals surface area contributed by atoms with E-state index in [0.717, 1.165) is 0 Å². The Balaban J connectivity index is 1.55. The summed E-state index contributed by atoms with van der Waals surface area (Å²) in [6, 6.07) is 5.02. The van der Waals surface area contributed by atoms with Crippen LogP contribution in [0.3, 0.4) is 0 Å². The number of hydrogen-bond acceptors (Lipinski definition) is 6. The van der Waals surface area contributed by atoms with Gasteiger partial charge in [0, 0.05) is 22.0 Å². The summed E-state index contributed by atoms with van der Waals surface area (Å²) < 4.78 is 5.80. The SMILES string of the molecule is C[C@H]1CCC2C(OC(=O)C23CC(c2cc(Cl)ccc2Cl)=NO3)[C@]2(C)C(=O)C=C[C@@]12O. The van der Waals surface area contributed by atoms with Gasteiger partial charge in [-0.05, 0) is 56.0 Å². The fourth-order valence-corrected chi connectivity index (χ4v) is 6.06. The maximum absolute atomic E-state index is 13.1. The molecule has 0 radical (unpaired) electrons. The van der Waals surface area contributed by atoms with Crippen LogP contribution in [0.2, 0.25) is 10.0 Å². The lowest BCUT2D eigenvalue weighted by Crippen LogP contribution is -2.57. The Hall–Kier alpha value is -1.89. The zero-order chi connectivity index (χ0) is 21.5. The lowest BCUT2D eigenvalue weighted by molar-refractivity contribution is -0.169. The number of carbonyl (C=O) groups excluding carboxylic acids is 2. The molecule has 1 saturated heterocycles. The first kappa shape index (κ1) is 20.0. The molecule has 1 aromatic carbocycles. The van der Waals surface area contributed by atoms with Crippen molar-refractivity contribution in [3.05, 3.63) is 46.0 Å². The molecule has 1 aromatic rings. The van der Waals surface area contributed by atoms with Crippen LogP contribution in [0.25, 0.3) is 0 Å². The second-order valence-electron chi connectivity index (χ2n) is 8.96. The van der Waals surface area contributed by atoms with E-state index in [9.17, 15) is 14.7 Å². The number of esters is 1. The molecule has 2 heterocycles. The summed E-state index contributed by atoms with van der Waals surface area (Å²) >= 11 is 12.4. The third kappa shape index (κ3) is 2.33. The van der Waals surface area contributed by atoms with Gasteiger partial charge in [-0.25, -0.2) is 4.79 Å². The molecule has 2 aliphatic carbocycles. The molecule has 6 nitrogen and oxygen atoms in total. The lowest BCUT2D eigenvalue weighted by atomic mass is 9.63. The third-order valence-corrected chi connectivity index (χ3v) is 8.16. The van der Waals surface area contributed by atoms with Crippen LogP contribution in [0.1, 0.15) is 38.7 Å². The van der Waals surface area contributed by atoms with Crippen molar-refractivity contribution in [1.29, 1.82) is 0 Å². The molecule has 1 N–H and O–H groups in total. The number of ketones is 1. The fraction of sp³-hybridized carbons (Fsp3) is 0.500. The van der Waals surface area contributed by atoms with Crippen LogP contribution in [0.5, 0.6) is 0 Å². The average molecular weight is 450 g/mol. The smallest absolute Gasteiger partial charge is 0.354 e. The number of allylic oxidation sites excluding steroid dienone is 1. The molecule has 3 unspecified atom stereocenters. The van der Waals surface area contributed by atoms with Crippen molar-refractivity contribution in [2.45, 2.75) is 50.4 Å². The van der Waals surface area contributed by atoms with Gasteiger partial charge in [0.05, 0.1) is 11.6 Å². The molecule has 0 aromatic heterocycles. The Morgan fingerprint density at radius 2 is 2.00 bits per heavy atom. The molecule has 1 saturated carbocycles. The Bertz CT molecular complexity index is 1040. The number of nitrogens with zero attached hydrogens (tertiary/aromatic N) is 1. The average Bonchev–Trinajstić information content (AvgIpc) is 3.33. The molecule has 1 spiro atoms. The first-order chi connectivity index (χ1) is 14.1. The first-order valence-electron chi connectivity index (χ1n) is 10.0.